The van der Waals surface area contributed by atoms with Crippen LogP contribution in [0.5, 0.6) is 0 Å². The van der Waals surface area contributed by atoms with Crippen molar-refractivity contribution in [1.29, 1.82) is 0 Å². The van der Waals surface area contributed by atoms with Gasteiger partial charge in [0, 0.05) is 0 Å². The van der Waals surface area contributed by atoms with E-state index >= 15 is 0 Å². The molecule has 0 unspecified atom stereocenters. The highest BCUT2D eigenvalue weighted by Gasteiger charge is 2.34. The fraction of sp³-hybridized carbons (Fsp3) is 0.118. The highest BCUT2D eigenvalue weighted by molar-refractivity contribution is 14.1. The molecule has 1 saturated heterocycles. The van der Waals surface area contributed by atoms with Gasteiger partial charge in [0.25, 0.3) is 11.8 Å². The van der Waals surface area contributed by atoms with Crippen molar-refractivity contribution in [2.75, 3.05) is 4.90 Å². The Kier molecular flexibility index (Phi) is 4.81. The summed E-state index contributed by atoms with van der Waals surface area (Å²) < 4.78 is 6.08. The zero-order valence-electron chi connectivity index (χ0n) is 12.7. The molecule has 122 valence electrons. The van der Waals surface area contributed by atoms with E-state index in [-0.39, 0.29) is 10.7 Å². The lowest BCUT2D eigenvalue weighted by atomic mass is 10.1. The van der Waals surface area contributed by atoms with Crippen molar-refractivity contribution < 1.29 is 14.0 Å². The third-order valence-corrected chi connectivity index (χ3v) is 4.45. The minimum absolute atomic E-state index is 0.0195. The van der Waals surface area contributed by atoms with Gasteiger partial charge in [-0.15, -0.1) is 0 Å². The summed E-state index contributed by atoms with van der Waals surface area (Å²) in [5.74, 6) is -0.566. The molecule has 24 heavy (non-hydrogen) atoms. The molecule has 1 aromatic heterocycles. The topological polar surface area (TPSA) is 62.6 Å². The van der Waals surface area contributed by atoms with Crippen LogP contribution in [0.2, 0.25) is 0 Å². The highest BCUT2D eigenvalue weighted by atomic mass is 127. The van der Waals surface area contributed by atoms with Crippen molar-refractivity contribution >= 4 is 63.5 Å². The smallest absolute Gasteiger partial charge is 0.270 e. The van der Waals surface area contributed by atoms with Gasteiger partial charge in [-0.1, -0.05) is 19.1 Å². The number of amides is 2. The molecular formula is C17H13IN2O3S. The van der Waals surface area contributed by atoms with Gasteiger partial charge in [-0.25, -0.2) is 0 Å². The number of hydrogen-bond donors (Lipinski definition) is 1. The lowest BCUT2D eigenvalue weighted by molar-refractivity contribution is -0.122. The molecule has 0 atom stereocenters. The van der Waals surface area contributed by atoms with Crippen LogP contribution in [-0.4, -0.2) is 16.9 Å². The summed E-state index contributed by atoms with van der Waals surface area (Å²) in [4.78, 5) is 26.2. The number of hydrogen-bond acceptors (Lipinski definition) is 4. The molecule has 0 saturated carbocycles. The molecule has 5 nitrogen and oxygen atoms in total. The van der Waals surface area contributed by atoms with Crippen molar-refractivity contribution in [3.05, 3.63) is 57.1 Å². The number of carbonyl (C=O) groups is 2. The molecule has 0 radical (unpaired) electrons. The number of anilines is 1. The fourth-order valence-electron chi connectivity index (χ4n) is 2.32. The Labute approximate surface area is 157 Å². The number of benzene rings is 1. The molecule has 0 bridgehead atoms. The monoisotopic (exact) mass is 452 g/mol. The Morgan fingerprint density at radius 3 is 2.50 bits per heavy atom. The maximum Gasteiger partial charge on any atom is 0.270 e. The summed E-state index contributed by atoms with van der Waals surface area (Å²) in [5.41, 5.74) is 1.75. The van der Waals surface area contributed by atoms with E-state index in [4.69, 9.17) is 16.6 Å². The molecule has 1 fully saturated rings. The van der Waals surface area contributed by atoms with Crippen LogP contribution >= 0.6 is 34.8 Å². The number of aryl methyl sites for hydroxylation is 1. The predicted molar refractivity (Wildman–Crippen MR) is 103 cm³/mol. The molecule has 1 aromatic carbocycles. The Morgan fingerprint density at radius 2 is 1.92 bits per heavy atom. The first-order valence-electron chi connectivity index (χ1n) is 7.25. The third-order valence-electron chi connectivity index (χ3n) is 3.59. The summed E-state index contributed by atoms with van der Waals surface area (Å²) in [5, 5.41) is 2.62. The van der Waals surface area contributed by atoms with Gasteiger partial charge in [-0.3, -0.25) is 19.8 Å². The fourth-order valence-corrected chi connectivity index (χ4v) is 3.04. The summed E-state index contributed by atoms with van der Waals surface area (Å²) in [7, 11) is 0. The number of thiocarbonyl (C=S) groups is 1. The van der Waals surface area contributed by atoms with E-state index in [2.05, 4.69) is 12.2 Å². The Balaban J connectivity index is 1.97. The van der Waals surface area contributed by atoms with E-state index in [0.29, 0.717) is 15.2 Å². The van der Waals surface area contributed by atoms with Crippen molar-refractivity contribution in [3.8, 4) is 0 Å². The molecule has 2 aromatic rings. The van der Waals surface area contributed by atoms with Gasteiger partial charge < -0.3 is 4.42 Å². The Bertz CT molecular complexity index is 855. The van der Waals surface area contributed by atoms with E-state index in [9.17, 15) is 9.59 Å². The van der Waals surface area contributed by atoms with Crippen LogP contribution in [0, 0.1) is 3.77 Å². The summed E-state index contributed by atoms with van der Waals surface area (Å²) >= 11 is 7.18. The van der Waals surface area contributed by atoms with E-state index in [1.807, 2.05) is 46.9 Å². The van der Waals surface area contributed by atoms with Crippen LogP contribution in [-0.2, 0) is 16.0 Å². The second-order valence-corrected chi connectivity index (χ2v) is 6.57. The lowest BCUT2D eigenvalue weighted by Crippen LogP contribution is -2.54. The molecule has 0 spiro atoms. The van der Waals surface area contributed by atoms with Crippen molar-refractivity contribution in [2.24, 2.45) is 0 Å². The molecule has 2 amide bonds. The number of nitrogens with zero attached hydrogens (tertiary/aromatic N) is 1. The maximum atomic E-state index is 12.8. The number of rotatable bonds is 3. The third kappa shape index (κ3) is 3.27. The number of furan rings is 1. The van der Waals surface area contributed by atoms with Crippen LogP contribution in [0.1, 0.15) is 18.2 Å². The molecule has 0 aliphatic carbocycles. The Hall–Kier alpha value is -2.00. The highest BCUT2D eigenvalue weighted by Crippen LogP contribution is 2.23. The van der Waals surface area contributed by atoms with E-state index in [1.165, 1.54) is 11.0 Å². The average molecular weight is 452 g/mol. The zero-order chi connectivity index (χ0) is 17.3. The van der Waals surface area contributed by atoms with E-state index in [0.717, 1.165) is 12.0 Å². The van der Waals surface area contributed by atoms with Gasteiger partial charge in [0.1, 0.15) is 11.3 Å². The Morgan fingerprint density at radius 1 is 1.21 bits per heavy atom. The first-order valence-corrected chi connectivity index (χ1v) is 8.74. The van der Waals surface area contributed by atoms with Crippen LogP contribution in [0.3, 0.4) is 0 Å². The maximum absolute atomic E-state index is 12.8. The molecule has 2 heterocycles. The van der Waals surface area contributed by atoms with Gasteiger partial charge in [0.15, 0.2) is 8.88 Å². The van der Waals surface area contributed by atoms with Crippen molar-refractivity contribution in [1.82, 2.24) is 5.32 Å². The van der Waals surface area contributed by atoms with E-state index in [1.54, 1.807) is 12.1 Å². The summed E-state index contributed by atoms with van der Waals surface area (Å²) in [6.45, 7) is 2.05. The van der Waals surface area contributed by atoms with Crippen LogP contribution in [0.4, 0.5) is 5.69 Å². The molecular weight excluding hydrogens is 439 g/mol. The van der Waals surface area contributed by atoms with Crippen molar-refractivity contribution in [3.63, 3.8) is 0 Å². The van der Waals surface area contributed by atoms with Gasteiger partial charge in [-0.05, 0) is 77.1 Å². The molecule has 1 aliphatic heterocycles. The zero-order valence-corrected chi connectivity index (χ0v) is 15.7. The molecule has 3 rings (SSSR count). The van der Waals surface area contributed by atoms with Crippen LogP contribution < -0.4 is 10.2 Å². The van der Waals surface area contributed by atoms with Gasteiger partial charge in [0.05, 0.1) is 5.69 Å². The minimum atomic E-state index is -0.530. The largest absolute Gasteiger partial charge is 0.451 e. The molecule has 1 N–H and O–H groups in total. The normalized spacial score (nSPS) is 16.7. The SMILES string of the molecule is CCc1ccc(N2C(=O)C(=Cc3ccc(I)o3)C(=O)NC2=S)cc1. The van der Waals surface area contributed by atoms with E-state index < -0.39 is 11.8 Å². The summed E-state index contributed by atoms with van der Waals surface area (Å²) in [6.07, 6.45) is 2.33. The second kappa shape index (κ2) is 6.86. The molecule has 7 heteroatoms. The number of halogens is 1. The molecule has 1 aliphatic rings. The summed E-state index contributed by atoms with van der Waals surface area (Å²) in [6, 6.07) is 10.9. The minimum Gasteiger partial charge on any atom is -0.451 e. The van der Waals surface area contributed by atoms with Gasteiger partial charge in [-0.2, -0.15) is 0 Å². The lowest BCUT2D eigenvalue weighted by Gasteiger charge is -2.28. The number of carbonyl (C=O) groups excluding carboxylic acids is 2. The van der Waals surface area contributed by atoms with Crippen LogP contribution in [0.15, 0.2) is 46.4 Å². The van der Waals surface area contributed by atoms with Gasteiger partial charge in [0.2, 0.25) is 0 Å². The first-order chi connectivity index (χ1) is 11.5. The second-order valence-electron chi connectivity index (χ2n) is 5.12. The average Bonchev–Trinajstić information content (AvgIpc) is 2.97. The van der Waals surface area contributed by atoms with Gasteiger partial charge >= 0.3 is 0 Å². The number of nitrogens with one attached hydrogen (secondary N) is 1. The quantitative estimate of drug-likeness (QED) is 0.336. The van der Waals surface area contributed by atoms with Crippen LogP contribution in [0.25, 0.3) is 6.08 Å². The predicted octanol–water partition coefficient (Wildman–Crippen LogP) is 3.28. The first kappa shape index (κ1) is 16.8. The standard InChI is InChI=1S/C17H13IN2O3S/c1-2-10-3-5-11(6-4-10)20-16(22)13(15(21)19-17(20)24)9-12-7-8-14(18)23-12/h3-9H,2H2,1H3,(H,19,21,24). The van der Waals surface area contributed by atoms with Crippen molar-refractivity contribution in [2.45, 2.75) is 13.3 Å².